The third kappa shape index (κ3) is 3.74. The fraction of sp³-hybridized carbons (Fsp3) is 0.526. The molecule has 5 nitrogen and oxygen atoms in total. The molecule has 25 heavy (non-hydrogen) atoms. The van der Waals surface area contributed by atoms with E-state index in [9.17, 15) is 5.21 Å². The average molecular weight is 364 g/mol. The zero-order valence-electron chi connectivity index (χ0n) is 16.5. The number of pyridine rings is 1. The molecule has 138 valence electrons. The predicted octanol–water partition coefficient (Wildman–Crippen LogP) is 4.32. The van der Waals surface area contributed by atoms with Crippen molar-refractivity contribution in [1.82, 2.24) is 0 Å². The van der Waals surface area contributed by atoms with Gasteiger partial charge in [0.15, 0.2) is 14.5 Å². The van der Waals surface area contributed by atoms with Gasteiger partial charge in [0.1, 0.15) is 18.1 Å². The molecule has 1 aromatic heterocycles. The Morgan fingerprint density at radius 1 is 1.12 bits per heavy atom. The van der Waals surface area contributed by atoms with Crippen molar-refractivity contribution < 1.29 is 18.6 Å². The summed E-state index contributed by atoms with van der Waals surface area (Å²) in [4.78, 5) is 0. The van der Waals surface area contributed by atoms with Crippen molar-refractivity contribution in [2.75, 3.05) is 14.2 Å². The van der Waals surface area contributed by atoms with E-state index in [2.05, 4.69) is 33.9 Å². The first-order valence-electron chi connectivity index (χ1n) is 8.43. The number of hydrogen-bond donors (Lipinski definition) is 0. The monoisotopic (exact) mass is 363 g/mol. The van der Waals surface area contributed by atoms with Crippen LogP contribution in [0, 0.1) is 12.1 Å². The zero-order valence-corrected chi connectivity index (χ0v) is 17.5. The van der Waals surface area contributed by atoms with Crippen LogP contribution in [0.15, 0.2) is 18.3 Å². The maximum absolute atomic E-state index is 12.5. The molecule has 1 heterocycles. The summed E-state index contributed by atoms with van der Waals surface area (Å²) < 4.78 is 18.0. The average Bonchev–Trinajstić information content (AvgIpc) is 2.51. The Morgan fingerprint density at radius 3 is 2.28 bits per heavy atom. The Balaban J connectivity index is 2.48. The molecule has 0 aliphatic carbocycles. The molecular formula is C19H29NO4Si. The molecule has 0 radical (unpaired) electrons. The molecule has 0 spiro atoms. The smallest absolute Gasteiger partial charge is 0.218 e. The molecule has 6 heteroatoms. The van der Waals surface area contributed by atoms with Crippen molar-refractivity contribution in [3.8, 4) is 11.5 Å². The molecule has 2 rings (SSSR count). The molecular weight excluding hydrogens is 334 g/mol. The lowest BCUT2D eigenvalue weighted by Crippen LogP contribution is -2.42. The Hall–Kier alpha value is -1.79. The third-order valence-corrected chi connectivity index (χ3v) is 9.69. The largest absolute Gasteiger partial charge is 0.618 e. The normalized spacial score (nSPS) is 12.5. The van der Waals surface area contributed by atoms with Crippen molar-refractivity contribution >= 4 is 19.1 Å². The van der Waals surface area contributed by atoms with Gasteiger partial charge < -0.3 is 19.1 Å². The lowest BCUT2D eigenvalue weighted by atomic mass is 10.1. The molecule has 0 aliphatic rings. The van der Waals surface area contributed by atoms with E-state index in [1.165, 1.54) is 0 Å². The summed E-state index contributed by atoms with van der Waals surface area (Å²) >= 11 is 0. The number of nitrogens with zero attached hydrogens (tertiary/aromatic N) is 1. The van der Waals surface area contributed by atoms with Crippen molar-refractivity contribution in [3.05, 3.63) is 34.8 Å². The summed E-state index contributed by atoms with van der Waals surface area (Å²) in [6.07, 6.45) is 1.56. The molecule has 0 amide bonds. The number of hydrogen-bond acceptors (Lipinski definition) is 4. The van der Waals surface area contributed by atoms with Gasteiger partial charge in [-0.1, -0.05) is 20.8 Å². The van der Waals surface area contributed by atoms with Crippen LogP contribution < -0.4 is 14.2 Å². The van der Waals surface area contributed by atoms with Crippen molar-refractivity contribution in [2.45, 2.75) is 52.4 Å². The molecule has 0 saturated heterocycles. The first-order chi connectivity index (χ1) is 11.5. The van der Waals surface area contributed by atoms with Gasteiger partial charge in [-0.15, -0.1) is 0 Å². The first-order valence-corrected chi connectivity index (χ1v) is 11.3. The fourth-order valence-electron chi connectivity index (χ4n) is 2.52. The van der Waals surface area contributed by atoms with E-state index < -0.39 is 8.32 Å². The maximum Gasteiger partial charge on any atom is 0.218 e. The zero-order chi connectivity index (χ0) is 19.0. The van der Waals surface area contributed by atoms with Gasteiger partial charge in [-0.25, -0.2) is 0 Å². The summed E-state index contributed by atoms with van der Waals surface area (Å²) in [7, 11) is 1.31. The number of rotatable bonds is 5. The van der Waals surface area contributed by atoms with E-state index in [0.717, 1.165) is 26.8 Å². The predicted molar refractivity (Wildman–Crippen MR) is 103 cm³/mol. The van der Waals surface area contributed by atoms with E-state index in [0.29, 0.717) is 18.1 Å². The number of ether oxygens (including phenoxy) is 2. The second-order valence-electron chi connectivity index (χ2n) is 7.88. The highest BCUT2D eigenvalue weighted by Gasteiger charge is 2.37. The molecule has 0 atom stereocenters. The minimum atomic E-state index is -1.93. The number of aromatic nitrogens is 1. The van der Waals surface area contributed by atoms with E-state index >= 15 is 0 Å². The van der Waals surface area contributed by atoms with Crippen molar-refractivity contribution in [1.29, 1.82) is 0 Å². The number of benzene rings is 1. The molecule has 1 aromatic carbocycles. The van der Waals surface area contributed by atoms with Gasteiger partial charge in [0.2, 0.25) is 5.69 Å². The number of fused-ring (bicyclic) bond motifs is 1. The summed E-state index contributed by atoms with van der Waals surface area (Å²) in [5, 5.41) is 14.2. The quantitative estimate of drug-likeness (QED) is 0.451. The van der Waals surface area contributed by atoms with Crippen LogP contribution in [-0.4, -0.2) is 22.5 Å². The highest BCUT2D eigenvalue weighted by molar-refractivity contribution is 6.74. The van der Waals surface area contributed by atoms with Gasteiger partial charge in [0, 0.05) is 17.0 Å². The molecule has 0 unspecified atom stereocenters. The van der Waals surface area contributed by atoms with Crippen LogP contribution in [0.5, 0.6) is 11.5 Å². The molecule has 0 aliphatic heterocycles. The van der Waals surface area contributed by atoms with Crippen molar-refractivity contribution in [3.63, 3.8) is 0 Å². The Labute approximate surface area is 151 Å². The summed E-state index contributed by atoms with van der Waals surface area (Å²) in [5.41, 5.74) is 1.50. The van der Waals surface area contributed by atoms with Crippen LogP contribution in [0.1, 0.15) is 32.0 Å². The van der Waals surface area contributed by atoms with Crippen LogP contribution in [0.2, 0.25) is 18.1 Å². The second kappa shape index (κ2) is 6.84. The first kappa shape index (κ1) is 19.5. The molecule has 0 N–H and O–H groups in total. The topological polar surface area (TPSA) is 54.6 Å². The van der Waals surface area contributed by atoms with E-state index in [1.54, 1.807) is 20.4 Å². The van der Waals surface area contributed by atoms with E-state index in [1.807, 2.05) is 19.1 Å². The Morgan fingerprint density at radius 2 is 1.76 bits per heavy atom. The minimum absolute atomic E-state index is 0.0964. The standard InChI is InChI=1S/C19H29NO4Si/c1-13-17(22-5)9-14-11-20(21)15(10-16(14)18(13)23-6)12-24-25(7,8)19(2,3)4/h9-11H,12H2,1-8H3. The molecule has 0 saturated carbocycles. The summed E-state index contributed by atoms with van der Waals surface area (Å²) in [5.74, 6) is 1.43. The highest BCUT2D eigenvalue weighted by atomic mass is 28.4. The lowest BCUT2D eigenvalue weighted by molar-refractivity contribution is -0.614. The van der Waals surface area contributed by atoms with Gasteiger partial charge in [-0.2, -0.15) is 4.73 Å². The Kier molecular flexibility index (Phi) is 5.34. The van der Waals surface area contributed by atoms with Crippen LogP contribution in [-0.2, 0) is 11.0 Å². The van der Waals surface area contributed by atoms with Crippen LogP contribution in [0.4, 0.5) is 0 Å². The number of methoxy groups -OCH3 is 2. The summed E-state index contributed by atoms with van der Waals surface area (Å²) in [6, 6.07) is 3.72. The minimum Gasteiger partial charge on any atom is -0.618 e. The Bertz CT molecular complexity index is 781. The van der Waals surface area contributed by atoms with Gasteiger partial charge in [0.25, 0.3) is 0 Å². The molecule has 0 fully saturated rings. The van der Waals surface area contributed by atoms with Crippen molar-refractivity contribution in [2.24, 2.45) is 0 Å². The van der Waals surface area contributed by atoms with Crippen LogP contribution >= 0.6 is 0 Å². The van der Waals surface area contributed by atoms with Gasteiger partial charge in [-0.05, 0) is 31.1 Å². The van der Waals surface area contributed by atoms with E-state index in [4.69, 9.17) is 13.9 Å². The van der Waals surface area contributed by atoms with Gasteiger partial charge in [-0.3, -0.25) is 0 Å². The van der Waals surface area contributed by atoms with Gasteiger partial charge >= 0.3 is 0 Å². The fourth-order valence-corrected chi connectivity index (χ4v) is 3.46. The van der Waals surface area contributed by atoms with Crippen LogP contribution in [0.3, 0.4) is 0 Å². The highest BCUT2D eigenvalue weighted by Crippen LogP contribution is 2.38. The summed E-state index contributed by atoms with van der Waals surface area (Å²) in [6.45, 7) is 13.2. The van der Waals surface area contributed by atoms with Gasteiger partial charge in [0.05, 0.1) is 19.6 Å². The maximum atomic E-state index is 12.5. The SMILES string of the molecule is COc1cc2c[n+]([O-])c(CO[Si](C)(C)C(C)(C)C)cc2c(OC)c1C. The van der Waals surface area contributed by atoms with E-state index in [-0.39, 0.29) is 5.04 Å². The van der Waals surface area contributed by atoms with Crippen LogP contribution in [0.25, 0.3) is 10.8 Å². The third-order valence-electron chi connectivity index (χ3n) is 5.21. The molecule has 2 aromatic rings. The lowest BCUT2D eigenvalue weighted by Gasteiger charge is -2.35. The molecule has 0 bridgehead atoms. The second-order valence-corrected chi connectivity index (χ2v) is 12.7.